The van der Waals surface area contributed by atoms with Gasteiger partial charge in [0.25, 0.3) is 0 Å². The highest BCUT2D eigenvalue weighted by atomic mass is 19.1. The van der Waals surface area contributed by atoms with E-state index in [1.165, 1.54) is 6.07 Å². The van der Waals surface area contributed by atoms with Crippen molar-refractivity contribution < 1.29 is 4.39 Å². The van der Waals surface area contributed by atoms with Crippen molar-refractivity contribution in [3.63, 3.8) is 0 Å². The Bertz CT molecular complexity index is 389. The highest BCUT2D eigenvalue weighted by molar-refractivity contribution is 5.78. The molecule has 2 rings (SSSR count). The molecule has 1 aliphatic carbocycles. The fraction of sp³-hybridized carbons (Fsp3) is 0.364. The smallest absolute Gasteiger partial charge is 0.188 e. The fourth-order valence-electron chi connectivity index (χ4n) is 1.73. The van der Waals surface area contributed by atoms with Crippen molar-refractivity contribution in [2.75, 3.05) is 7.05 Å². The normalized spacial score (nSPS) is 25.1. The van der Waals surface area contributed by atoms with Crippen LogP contribution in [0, 0.1) is 5.82 Å². The van der Waals surface area contributed by atoms with E-state index in [1.54, 1.807) is 13.1 Å². The van der Waals surface area contributed by atoms with Crippen LogP contribution in [0.1, 0.15) is 17.9 Å². The highest BCUT2D eigenvalue weighted by Gasteiger charge is 2.40. The lowest BCUT2D eigenvalue weighted by Gasteiger charge is -2.04. The maximum Gasteiger partial charge on any atom is 0.188 e. The Morgan fingerprint density at radius 1 is 1.53 bits per heavy atom. The number of nitrogens with zero attached hydrogens (tertiary/aromatic N) is 1. The average molecular weight is 207 g/mol. The summed E-state index contributed by atoms with van der Waals surface area (Å²) in [5.41, 5.74) is 6.30. The van der Waals surface area contributed by atoms with E-state index in [-0.39, 0.29) is 17.8 Å². The Kier molecular flexibility index (Phi) is 2.58. The molecule has 0 aliphatic heterocycles. The first-order valence-corrected chi connectivity index (χ1v) is 4.95. The lowest BCUT2D eigenvalue weighted by atomic mass is 10.1. The minimum Gasteiger partial charge on any atom is -0.370 e. The third-order valence-corrected chi connectivity index (χ3v) is 2.67. The van der Waals surface area contributed by atoms with Gasteiger partial charge in [0.15, 0.2) is 5.96 Å². The molecule has 15 heavy (non-hydrogen) atoms. The molecule has 1 fully saturated rings. The van der Waals surface area contributed by atoms with Crippen LogP contribution in [0.15, 0.2) is 29.3 Å². The molecular weight excluding hydrogens is 193 g/mol. The predicted octanol–water partition coefficient (Wildman–Crippen LogP) is 1.22. The number of aliphatic imine (C=N–C) groups is 1. The number of hydrogen-bond acceptors (Lipinski definition) is 1. The van der Waals surface area contributed by atoms with Crippen molar-refractivity contribution in [1.82, 2.24) is 5.32 Å². The molecule has 80 valence electrons. The van der Waals surface area contributed by atoms with Crippen LogP contribution >= 0.6 is 0 Å². The van der Waals surface area contributed by atoms with E-state index >= 15 is 0 Å². The zero-order valence-corrected chi connectivity index (χ0v) is 8.57. The summed E-state index contributed by atoms with van der Waals surface area (Å²) < 4.78 is 13.4. The number of guanidine groups is 1. The number of nitrogens with two attached hydrogens (primary N) is 1. The van der Waals surface area contributed by atoms with E-state index in [9.17, 15) is 4.39 Å². The Hall–Kier alpha value is -1.58. The molecule has 0 bridgehead atoms. The van der Waals surface area contributed by atoms with E-state index < -0.39 is 0 Å². The van der Waals surface area contributed by atoms with Gasteiger partial charge in [-0.2, -0.15) is 0 Å². The molecule has 4 heteroatoms. The zero-order valence-electron chi connectivity index (χ0n) is 8.57. The summed E-state index contributed by atoms with van der Waals surface area (Å²) in [5, 5.41) is 3.04. The van der Waals surface area contributed by atoms with Gasteiger partial charge in [0, 0.05) is 19.0 Å². The average Bonchev–Trinajstić information content (AvgIpc) is 2.97. The van der Waals surface area contributed by atoms with Gasteiger partial charge in [-0.1, -0.05) is 18.2 Å². The molecule has 1 saturated carbocycles. The molecule has 0 amide bonds. The Morgan fingerprint density at radius 2 is 2.27 bits per heavy atom. The van der Waals surface area contributed by atoms with Crippen LogP contribution in [0.4, 0.5) is 4.39 Å². The highest BCUT2D eigenvalue weighted by Crippen LogP contribution is 2.41. The summed E-state index contributed by atoms with van der Waals surface area (Å²) in [5.74, 6) is 0.504. The summed E-state index contributed by atoms with van der Waals surface area (Å²) >= 11 is 0. The van der Waals surface area contributed by atoms with Crippen LogP contribution in [-0.2, 0) is 0 Å². The monoisotopic (exact) mass is 207 g/mol. The summed E-state index contributed by atoms with van der Waals surface area (Å²) in [6, 6.07) is 7.09. The van der Waals surface area contributed by atoms with Crippen LogP contribution in [0.5, 0.6) is 0 Å². The van der Waals surface area contributed by atoms with Crippen LogP contribution in [0.2, 0.25) is 0 Å². The minimum atomic E-state index is -0.140. The molecule has 2 atom stereocenters. The van der Waals surface area contributed by atoms with Crippen molar-refractivity contribution in [3.8, 4) is 0 Å². The van der Waals surface area contributed by atoms with Gasteiger partial charge in [0.1, 0.15) is 5.82 Å². The van der Waals surface area contributed by atoms with Gasteiger partial charge in [-0.3, -0.25) is 4.99 Å². The van der Waals surface area contributed by atoms with Gasteiger partial charge >= 0.3 is 0 Å². The van der Waals surface area contributed by atoms with Gasteiger partial charge < -0.3 is 11.1 Å². The first kappa shape index (κ1) is 9.96. The number of hydrogen-bond donors (Lipinski definition) is 2. The lowest BCUT2D eigenvalue weighted by molar-refractivity contribution is 0.608. The third-order valence-electron chi connectivity index (χ3n) is 2.67. The molecule has 0 aromatic heterocycles. The van der Waals surface area contributed by atoms with E-state index in [2.05, 4.69) is 10.3 Å². The second-order valence-corrected chi connectivity index (χ2v) is 3.72. The van der Waals surface area contributed by atoms with Gasteiger partial charge in [0.2, 0.25) is 0 Å². The molecular formula is C11H14FN3. The topological polar surface area (TPSA) is 50.4 Å². The second-order valence-electron chi connectivity index (χ2n) is 3.72. The SMILES string of the molecule is CN=C(N)NC1CC1c1ccccc1F. The minimum absolute atomic E-state index is 0.140. The number of benzene rings is 1. The molecule has 0 spiro atoms. The summed E-state index contributed by atoms with van der Waals surface area (Å²) in [4.78, 5) is 3.81. The predicted molar refractivity (Wildman–Crippen MR) is 58.2 cm³/mol. The molecule has 3 N–H and O–H groups in total. The molecule has 1 aliphatic rings. The van der Waals surface area contributed by atoms with Gasteiger partial charge in [-0.15, -0.1) is 0 Å². The van der Waals surface area contributed by atoms with Gasteiger partial charge in [0.05, 0.1) is 0 Å². The maximum absolute atomic E-state index is 13.4. The largest absolute Gasteiger partial charge is 0.370 e. The third kappa shape index (κ3) is 2.09. The number of rotatable bonds is 2. The molecule has 0 radical (unpaired) electrons. The van der Waals surface area contributed by atoms with Crippen molar-refractivity contribution >= 4 is 5.96 Å². The number of halogens is 1. The van der Waals surface area contributed by atoms with Crippen LogP contribution in [0.3, 0.4) is 0 Å². The zero-order chi connectivity index (χ0) is 10.8. The fourth-order valence-corrected chi connectivity index (χ4v) is 1.73. The molecule has 0 saturated heterocycles. The quantitative estimate of drug-likeness (QED) is 0.566. The maximum atomic E-state index is 13.4. The molecule has 1 aromatic rings. The first-order chi connectivity index (χ1) is 7.22. The van der Waals surface area contributed by atoms with E-state index in [1.807, 2.05) is 12.1 Å². The Morgan fingerprint density at radius 3 is 2.93 bits per heavy atom. The van der Waals surface area contributed by atoms with E-state index in [4.69, 9.17) is 5.73 Å². The van der Waals surface area contributed by atoms with Crippen LogP contribution in [-0.4, -0.2) is 19.0 Å². The van der Waals surface area contributed by atoms with Gasteiger partial charge in [-0.25, -0.2) is 4.39 Å². The summed E-state index contributed by atoms with van der Waals surface area (Å²) in [6.45, 7) is 0. The molecule has 3 nitrogen and oxygen atoms in total. The standard InChI is InChI=1S/C11H14FN3/c1-14-11(13)15-10-6-8(10)7-4-2-3-5-9(7)12/h2-5,8,10H,6H2,1H3,(H3,13,14,15). The van der Waals surface area contributed by atoms with Gasteiger partial charge in [-0.05, 0) is 18.1 Å². The van der Waals surface area contributed by atoms with E-state index in [0.717, 1.165) is 12.0 Å². The van der Waals surface area contributed by atoms with Crippen molar-refractivity contribution in [1.29, 1.82) is 0 Å². The Labute approximate surface area is 88.2 Å². The Balaban J connectivity index is 2.02. The summed E-state index contributed by atoms with van der Waals surface area (Å²) in [6.07, 6.45) is 0.914. The van der Waals surface area contributed by atoms with Crippen LogP contribution in [0.25, 0.3) is 0 Å². The first-order valence-electron chi connectivity index (χ1n) is 4.95. The number of nitrogens with one attached hydrogen (secondary N) is 1. The lowest BCUT2D eigenvalue weighted by Crippen LogP contribution is -2.33. The molecule has 2 unspecified atom stereocenters. The molecule has 0 heterocycles. The van der Waals surface area contributed by atoms with E-state index in [0.29, 0.717) is 5.96 Å². The molecule has 1 aromatic carbocycles. The van der Waals surface area contributed by atoms with Crippen molar-refractivity contribution in [3.05, 3.63) is 35.6 Å². The van der Waals surface area contributed by atoms with Crippen LogP contribution < -0.4 is 11.1 Å². The second kappa shape index (κ2) is 3.88. The van der Waals surface area contributed by atoms with Crippen molar-refractivity contribution in [2.24, 2.45) is 10.7 Å². The summed E-state index contributed by atoms with van der Waals surface area (Å²) in [7, 11) is 1.63. The van der Waals surface area contributed by atoms with Crippen molar-refractivity contribution in [2.45, 2.75) is 18.4 Å².